The molecule has 1 heterocycles. The number of aryl methyl sites for hydroxylation is 1. The molecule has 0 aromatic heterocycles. The quantitative estimate of drug-likeness (QED) is 0.884. The first-order chi connectivity index (χ1) is 10.5. The summed E-state index contributed by atoms with van der Waals surface area (Å²) in [5.74, 6) is -1.43. The highest BCUT2D eigenvalue weighted by atomic mass is 16.5. The Kier molecular flexibility index (Phi) is 3.45. The van der Waals surface area contributed by atoms with Crippen molar-refractivity contribution in [3.8, 4) is 5.75 Å². The molecule has 22 heavy (non-hydrogen) atoms. The first-order valence-corrected chi connectivity index (χ1v) is 7.13. The van der Waals surface area contributed by atoms with Gasteiger partial charge < -0.3 is 9.84 Å². The first-order valence-electron chi connectivity index (χ1n) is 7.13. The lowest BCUT2D eigenvalue weighted by atomic mass is 9.91. The number of carbonyl (C=O) groups excluding carboxylic acids is 1. The summed E-state index contributed by atoms with van der Waals surface area (Å²) >= 11 is 0. The molecule has 1 N–H and O–H groups in total. The molecule has 1 aliphatic heterocycles. The van der Waals surface area contributed by atoms with Crippen LogP contribution < -0.4 is 4.74 Å². The Hall–Kier alpha value is -2.62. The summed E-state index contributed by atoms with van der Waals surface area (Å²) in [6, 6.07) is 12.5. The van der Waals surface area contributed by atoms with Crippen LogP contribution >= 0.6 is 0 Å². The van der Waals surface area contributed by atoms with Crippen LogP contribution in [0.3, 0.4) is 0 Å². The molecule has 3 rings (SSSR count). The summed E-state index contributed by atoms with van der Waals surface area (Å²) in [5, 5.41) is 9.40. The van der Waals surface area contributed by atoms with Gasteiger partial charge in [-0.2, -0.15) is 0 Å². The molecule has 0 radical (unpaired) electrons. The molecular formula is C18H16O4. The van der Waals surface area contributed by atoms with Crippen LogP contribution in [0.2, 0.25) is 0 Å². The average Bonchev–Trinajstić information content (AvgIpc) is 2.82. The zero-order chi connectivity index (χ0) is 15.9. The van der Waals surface area contributed by atoms with Gasteiger partial charge in [0, 0.05) is 11.1 Å². The predicted octanol–water partition coefficient (Wildman–Crippen LogP) is 3.18. The molecular weight excluding hydrogens is 280 g/mol. The topological polar surface area (TPSA) is 63.6 Å². The zero-order valence-electron chi connectivity index (χ0n) is 12.4. The molecule has 2 aromatic rings. The number of carboxylic acid groups (broad SMARTS) is 1. The van der Waals surface area contributed by atoms with Gasteiger partial charge >= 0.3 is 5.97 Å². The Morgan fingerprint density at radius 3 is 2.45 bits per heavy atom. The van der Waals surface area contributed by atoms with E-state index < -0.39 is 18.0 Å². The van der Waals surface area contributed by atoms with Crippen LogP contribution in [0.15, 0.2) is 42.5 Å². The van der Waals surface area contributed by atoms with Crippen molar-refractivity contribution in [2.45, 2.75) is 25.9 Å². The number of carboxylic acids is 1. The van der Waals surface area contributed by atoms with E-state index in [0.717, 1.165) is 5.56 Å². The average molecular weight is 296 g/mol. The second-order valence-electron chi connectivity index (χ2n) is 5.56. The molecule has 2 aromatic carbocycles. The summed E-state index contributed by atoms with van der Waals surface area (Å²) in [6.07, 6.45) is -0.489. The Morgan fingerprint density at radius 2 is 1.82 bits per heavy atom. The van der Waals surface area contributed by atoms with E-state index in [0.29, 0.717) is 22.4 Å². The maximum Gasteiger partial charge on any atom is 0.314 e. The van der Waals surface area contributed by atoms with Gasteiger partial charge in [0.15, 0.2) is 5.78 Å². The number of hydrogen-bond acceptors (Lipinski definition) is 3. The van der Waals surface area contributed by atoms with E-state index in [2.05, 4.69) is 0 Å². The highest BCUT2D eigenvalue weighted by molar-refractivity contribution is 6.11. The van der Waals surface area contributed by atoms with Crippen molar-refractivity contribution in [1.29, 1.82) is 0 Å². The summed E-state index contributed by atoms with van der Waals surface area (Å²) < 4.78 is 5.71. The minimum atomic E-state index is -0.935. The summed E-state index contributed by atoms with van der Waals surface area (Å²) in [4.78, 5) is 24.2. The summed E-state index contributed by atoms with van der Waals surface area (Å²) in [7, 11) is 0. The smallest absolute Gasteiger partial charge is 0.314 e. The Morgan fingerprint density at radius 1 is 1.14 bits per heavy atom. The summed E-state index contributed by atoms with van der Waals surface area (Å²) in [6.45, 7) is 3.56. The normalized spacial score (nSPS) is 19.4. The first kappa shape index (κ1) is 14.3. The molecule has 2 unspecified atom stereocenters. The Balaban J connectivity index is 2.14. The van der Waals surface area contributed by atoms with E-state index in [4.69, 9.17) is 4.74 Å². The van der Waals surface area contributed by atoms with E-state index in [1.54, 1.807) is 43.3 Å². The van der Waals surface area contributed by atoms with Gasteiger partial charge in [-0.1, -0.05) is 36.4 Å². The van der Waals surface area contributed by atoms with Crippen LogP contribution in [0.25, 0.3) is 0 Å². The fraction of sp³-hybridized carbons (Fsp3) is 0.222. The minimum Gasteiger partial charge on any atom is -0.488 e. The lowest BCUT2D eigenvalue weighted by Gasteiger charge is -2.09. The van der Waals surface area contributed by atoms with Crippen molar-refractivity contribution in [3.05, 3.63) is 64.7 Å². The van der Waals surface area contributed by atoms with Crippen molar-refractivity contribution in [3.63, 3.8) is 0 Å². The number of carbonyl (C=O) groups is 2. The maximum atomic E-state index is 12.7. The van der Waals surface area contributed by atoms with Crippen molar-refractivity contribution >= 4 is 11.8 Å². The fourth-order valence-corrected chi connectivity index (χ4v) is 2.92. The number of aliphatic carboxylic acids is 1. The predicted molar refractivity (Wildman–Crippen MR) is 81.5 cm³/mol. The third-order valence-corrected chi connectivity index (χ3v) is 3.92. The van der Waals surface area contributed by atoms with Gasteiger partial charge in [0.1, 0.15) is 17.8 Å². The minimum absolute atomic E-state index is 0.154. The molecule has 4 nitrogen and oxygen atoms in total. The number of benzene rings is 2. The lowest BCUT2D eigenvalue weighted by Crippen LogP contribution is -2.21. The second kappa shape index (κ2) is 5.30. The highest BCUT2D eigenvalue weighted by Crippen LogP contribution is 2.42. The standard InChI is InChI=1S/C18H16O4/c1-10-8-13-15(18(20)21)11(2)22-17(13)14(9-10)16(19)12-6-4-3-5-7-12/h3-9,11,15H,1-2H3,(H,20,21). The number of ketones is 1. The van der Waals surface area contributed by atoms with Gasteiger partial charge in [0.2, 0.25) is 0 Å². The van der Waals surface area contributed by atoms with E-state index in [9.17, 15) is 14.7 Å². The SMILES string of the molecule is Cc1cc(C(=O)c2ccccc2)c2c(c1)C(C(=O)O)C(C)O2. The molecule has 0 spiro atoms. The van der Waals surface area contributed by atoms with E-state index in [-0.39, 0.29) is 5.78 Å². The van der Waals surface area contributed by atoms with Crippen LogP contribution in [-0.4, -0.2) is 23.0 Å². The largest absolute Gasteiger partial charge is 0.488 e. The third-order valence-electron chi connectivity index (χ3n) is 3.92. The van der Waals surface area contributed by atoms with Crippen molar-refractivity contribution < 1.29 is 19.4 Å². The molecule has 0 fully saturated rings. The van der Waals surface area contributed by atoms with Crippen LogP contribution in [0.1, 0.15) is 39.9 Å². The zero-order valence-corrected chi connectivity index (χ0v) is 12.4. The van der Waals surface area contributed by atoms with Gasteiger partial charge in [-0.3, -0.25) is 9.59 Å². The maximum absolute atomic E-state index is 12.7. The fourth-order valence-electron chi connectivity index (χ4n) is 2.92. The monoisotopic (exact) mass is 296 g/mol. The van der Waals surface area contributed by atoms with Gasteiger partial charge in [0.05, 0.1) is 5.56 Å². The van der Waals surface area contributed by atoms with E-state index >= 15 is 0 Å². The number of ether oxygens (including phenoxy) is 1. The number of hydrogen-bond donors (Lipinski definition) is 1. The molecule has 0 saturated heterocycles. The van der Waals surface area contributed by atoms with Crippen LogP contribution in [0.4, 0.5) is 0 Å². The molecule has 2 atom stereocenters. The van der Waals surface area contributed by atoms with Gasteiger partial charge in [-0.05, 0) is 25.5 Å². The van der Waals surface area contributed by atoms with E-state index in [1.165, 1.54) is 0 Å². The third kappa shape index (κ3) is 2.26. The molecule has 0 bridgehead atoms. The molecule has 0 amide bonds. The van der Waals surface area contributed by atoms with Crippen LogP contribution in [0.5, 0.6) is 5.75 Å². The van der Waals surface area contributed by atoms with Crippen molar-refractivity contribution in [2.75, 3.05) is 0 Å². The Bertz CT molecular complexity index is 749. The number of rotatable bonds is 3. The van der Waals surface area contributed by atoms with E-state index in [1.807, 2.05) is 13.0 Å². The van der Waals surface area contributed by atoms with Gasteiger partial charge in [-0.15, -0.1) is 0 Å². The molecule has 0 aliphatic carbocycles. The second-order valence-corrected chi connectivity index (χ2v) is 5.56. The van der Waals surface area contributed by atoms with Crippen LogP contribution in [0, 0.1) is 6.92 Å². The highest BCUT2D eigenvalue weighted by Gasteiger charge is 2.39. The molecule has 4 heteroatoms. The van der Waals surface area contributed by atoms with Crippen molar-refractivity contribution in [1.82, 2.24) is 0 Å². The molecule has 112 valence electrons. The van der Waals surface area contributed by atoms with Crippen molar-refractivity contribution in [2.24, 2.45) is 0 Å². The van der Waals surface area contributed by atoms with Gasteiger partial charge in [0.25, 0.3) is 0 Å². The molecule has 1 aliphatic rings. The van der Waals surface area contributed by atoms with Crippen LogP contribution in [-0.2, 0) is 4.79 Å². The number of fused-ring (bicyclic) bond motifs is 1. The molecule has 0 saturated carbocycles. The lowest BCUT2D eigenvalue weighted by molar-refractivity contribution is -0.140. The summed E-state index contributed by atoms with van der Waals surface area (Å²) in [5.41, 5.74) is 2.42. The van der Waals surface area contributed by atoms with Gasteiger partial charge in [-0.25, -0.2) is 0 Å². The Labute approximate surface area is 128 Å².